The van der Waals surface area contributed by atoms with Crippen LogP contribution in [0.15, 0.2) is 49.1 Å². The van der Waals surface area contributed by atoms with Crippen LogP contribution in [0.5, 0.6) is 0 Å². The first-order valence-electron chi connectivity index (χ1n) is 9.22. The number of ether oxygens (including phenoxy) is 1. The van der Waals surface area contributed by atoms with E-state index in [2.05, 4.69) is 34.6 Å². The van der Waals surface area contributed by atoms with Crippen molar-refractivity contribution in [3.63, 3.8) is 0 Å². The first-order chi connectivity index (χ1) is 12.3. The number of fused-ring (bicyclic) bond motifs is 1. The number of carbonyl (C=O) groups excluding carboxylic acids is 1. The number of rotatable bonds is 7. The zero-order valence-corrected chi connectivity index (χ0v) is 14.4. The molecule has 1 aliphatic heterocycles. The third-order valence-corrected chi connectivity index (χ3v) is 5.55. The Balaban J connectivity index is 1.30. The third-order valence-electron chi connectivity index (χ3n) is 5.55. The van der Waals surface area contributed by atoms with Crippen LogP contribution < -0.4 is 5.32 Å². The van der Waals surface area contributed by atoms with Crippen LogP contribution in [-0.2, 0) is 22.5 Å². The fraction of sp³-hybridized carbons (Fsp3) is 0.500. The molecular weight excluding hydrogens is 314 g/mol. The Labute approximate surface area is 148 Å². The van der Waals surface area contributed by atoms with E-state index in [0.29, 0.717) is 24.4 Å². The second kappa shape index (κ2) is 7.40. The normalized spacial score (nSPS) is 27.5. The fourth-order valence-electron chi connectivity index (χ4n) is 4.27. The maximum Gasteiger partial charge on any atom is 0.220 e. The molecule has 0 radical (unpaired) electrons. The molecule has 1 aliphatic carbocycles. The minimum atomic E-state index is 0.161. The summed E-state index contributed by atoms with van der Waals surface area (Å²) in [6.07, 6.45) is 9.24. The number of aryl methyl sites for hydroxylation is 1. The highest BCUT2D eigenvalue weighted by Gasteiger charge is 2.53. The number of amides is 1. The summed E-state index contributed by atoms with van der Waals surface area (Å²) in [4.78, 5) is 16.4. The van der Waals surface area contributed by atoms with Crippen molar-refractivity contribution in [3.05, 3.63) is 54.6 Å². The molecular formula is C20H25N3O2. The predicted octanol–water partition coefficient (Wildman–Crippen LogP) is 2.43. The van der Waals surface area contributed by atoms with E-state index in [1.54, 1.807) is 12.5 Å². The zero-order valence-electron chi connectivity index (χ0n) is 14.4. The van der Waals surface area contributed by atoms with Gasteiger partial charge in [0.2, 0.25) is 5.91 Å². The molecule has 2 aliphatic rings. The largest absolute Gasteiger partial charge is 0.377 e. The molecule has 4 rings (SSSR count). The van der Waals surface area contributed by atoms with E-state index < -0.39 is 0 Å². The molecule has 25 heavy (non-hydrogen) atoms. The molecule has 1 saturated carbocycles. The third kappa shape index (κ3) is 3.61. The van der Waals surface area contributed by atoms with Gasteiger partial charge in [-0.25, -0.2) is 4.98 Å². The first kappa shape index (κ1) is 16.3. The number of nitrogens with one attached hydrogen (secondary N) is 1. The summed E-state index contributed by atoms with van der Waals surface area (Å²) in [7, 11) is 0. The molecule has 2 aromatic rings. The molecule has 1 N–H and O–H groups in total. The van der Waals surface area contributed by atoms with E-state index in [1.807, 2.05) is 16.8 Å². The number of imidazole rings is 1. The summed E-state index contributed by atoms with van der Waals surface area (Å²) in [5, 5.41) is 3.29. The van der Waals surface area contributed by atoms with Gasteiger partial charge in [0.25, 0.3) is 0 Å². The Kier molecular flexibility index (Phi) is 4.83. The van der Waals surface area contributed by atoms with Crippen LogP contribution in [0.1, 0.15) is 24.8 Å². The van der Waals surface area contributed by atoms with Gasteiger partial charge in [-0.15, -0.1) is 0 Å². The Morgan fingerprint density at radius 2 is 2.20 bits per heavy atom. The van der Waals surface area contributed by atoms with Gasteiger partial charge < -0.3 is 14.6 Å². The smallest absolute Gasteiger partial charge is 0.220 e. The van der Waals surface area contributed by atoms with E-state index in [1.165, 1.54) is 5.56 Å². The highest BCUT2D eigenvalue weighted by molar-refractivity contribution is 5.76. The van der Waals surface area contributed by atoms with Crippen molar-refractivity contribution in [2.75, 3.05) is 6.61 Å². The van der Waals surface area contributed by atoms with Gasteiger partial charge in [0, 0.05) is 49.8 Å². The van der Waals surface area contributed by atoms with Crippen LogP contribution >= 0.6 is 0 Å². The lowest BCUT2D eigenvalue weighted by Crippen LogP contribution is -2.62. The summed E-state index contributed by atoms with van der Waals surface area (Å²) in [5.41, 5.74) is 1.32. The Morgan fingerprint density at radius 1 is 1.32 bits per heavy atom. The Hall–Kier alpha value is -2.14. The van der Waals surface area contributed by atoms with Gasteiger partial charge in [0.1, 0.15) is 0 Å². The van der Waals surface area contributed by atoms with Crippen molar-refractivity contribution in [3.8, 4) is 0 Å². The lowest BCUT2D eigenvalue weighted by Gasteiger charge is -2.48. The van der Waals surface area contributed by atoms with E-state index in [9.17, 15) is 4.79 Å². The summed E-state index contributed by atoms with van der Waals surface area (Å²) >= 11 is 0. The second-order valence-corrected chi connectivity index (χ2v) is 7.14. The topological polar surface area (TPSA) is 56.2 Å². The zero-order chi connectivity index (χ0) is 17.1. The van der Waals surface area contributed by atoms with Crippen molar-refractivity contribution in [1.82, 2.24) is 14.9 Å². The molecule has 4 atom stereocenters. The molecule has 1 aromatic carbocycles. The van der Waals surface area contributed by atoms with Gasteiger partial charge in [0.05, 0.1) is 12.4 Å². The maximum atomic E-state index is 12.4. The van der Waals surface area contributed by atoms with Gasteiger partial charge in [-0.2, -0.15) is 0 Å². The van der Waals surface area contributed by atoms with Gasteiger partial charge in [0.15, 0.2) is 0 Å². The molecule has 1 aromatic heterocycles. The molecule has 2 heterocycles. The minimum Gasteiger partial charge on any atom is -0.377 e. The highest BCUT2D eigenvalue weighted by Crippen LogP contribution is 2.45. The lowest BCUT2D eigenvalue weighted by atomic mass is 9.64. The minimum absolute atomic E-state index is 0.161. The number of hydrogen-bond donors (Lipinski definition) is 1. The SMILES string of the molecule is O=C(CCCn1ccnc1)N[C@@H]1[C@@H](Cc2ccccc2)[C@H]2OCC[C@@H]12. The van der Waals surface area contributed by atoms with Gasteiger partial charge in [-0.1, -0.05) is 30.3 Å². The number of aromatic nitrogens is 2. The molecule has 132 valence electrons. The number of benzene rings is 1. The number of nitrogens with zero attached hydrogens (tertiary/aromatic N) is 2. The predicted molar refractivity (Wildman–Crippen MR) is 94.9 cm³/mol. The van der Waals surface area contributed by atoms with Gasteiger partial charge in [-0.05, 0) is 24.8 Å². The quantitative estimate of drug-likeness (QED) is 0.843. The van der Waals surface area contributed by atoms with Crippen molar-refractivity contribution >= 4 is 5.91 Å². The second-order valence-electron chi connectivity index (χ2n) is 7.14. The van der Waals surface area contributed by atoms with Crippen LogP contribution in [0.25, 0.3) is 0 Å². The molecule has 0 unspecified atom stereocenters. The van der Waals surface area contributed by atoms with Crippen LogP contribution in [0.4, 0.5) is 0 Å². The summed E-state index contributed by atoms with van der Waals surface area (Å²) in [6, 6.07) is 10.8. The average molecular weight is 339 g/mol. The maximum absolute atomic E-state index is 12.4. The van der Waals surface area contributed by atoms with E-state index in [-0.39, 0.29) is 11.9 Å². The standard InChI is InChI=1S/C20H25N3O2/c24-18(7-4-10-23-11-9-21-14-23)22-19-16-8-12-25-20(16)17(19)13-15-5-2-1-3-6-15/h1-3,5-6,9,11,14,16-17,19-20H,4,7-8,10,12-13H2,(H,22,24)/t16-,17+,19-,20-/m0/s1. The summed E-state index contributed by atoms with van der Waals surface area (Å²) < 4.78 is 7.93. The van der Waals surface area contributed by atoms with Crippen molar-refractivity contribution in [2.24, 2.45) is 11.8 Å². The number of hydrogen-bond acceptors (Lipinski definition) is 3. The monoisotopic (exact) mass is 339 g/mol. The van der Waals surface area contributed by atoms with Gasteiger partial charge >= 0.3 is 0 Å². The van der Waals surface area contributed by atoms with Crippen LogP contribution in [0, 0.1) is 11.8 Å². The first-order valence-corrected chi connectivity index (χ1v) is 9.22. The fourth-order valence-corrected chi connectivity index (χ4v) is 4.27. The van der Waals surface area contributed by atoms with Crippen LogP contribution in [-0.4, -0.2) is 34.2 Å². The molecule has 1 saturated heterocycles. The summed E-state index contributed by atoms with van der Waals surface area (Å²) in [5.74, 6) is 1.05. The molecule has 0 bridgehead atoms. The van der Waals surface area contributed by atoms with Crippen molar-refractivity contribution in [1.29, 1.82) is 0 Å². The van der Waals surface area contributed by atoms with Crippen LogP contribution in [0.2, 0.25) is 0 Å². The Morgan fingerprint density at radius 3 is 3.00 bits per heavy atom. The van der Waals surface area contributed by atoms with E-state index in [0.717, 1.165) is 32.4 Å². The number of carbonyl (C=O) groups is 1. The molecule has 1 amide bonds. The average Bonchev–Trinajstić information content (AvgIpc) is 3.29. The molecule has 5 heteroatoms. The van der Waals surface area contributed by atoms with Crippen LogP contribution in [0.3, 0.4) is 0 Å². The van der Waals surface area contributed by atoms with E-state index in [4.69, 9.17) is 4.74 Å². The molecule has 5 nitrogen and oxygen atoms in total. The summed E-state index contributed by atoms with van der Waals surface area (Å²) in [6.45, 7) is 1.66. The van der Waals surface area contributed by atoms with E-state index >= 15 is 0 Å². The highest BCUT2D eigenvalue weighted by atomic mass is 16.5. The van der Waals surface area contributed by atoms with Crippen molar-refractivity contribution in [2.45, 2.75) is 44.4 Å². The Bertz CT molecular complexity index is 686. The van der Waals surface area contributed by atoms with Gasteiger partial charge in [-0.3, -0.25) is 4.79 Å². The molecule has 0 spiro atoms. The van der Waals surface area contributed by atoms with Crippen molar-refractivity contribution < 1.29 is 9.53 Å². The molecule has 2 fully saturated rings. The lowest BCUT2D eigenvalue weighted by molar-refractivity contribution is -0.127.